The number of para-hydroxylation sites is 1. The van der Waals surface area contributed by atoms with Gasteiger partial charge in [0.2, 0.25) is 0 Å². The van der Waals surface area contributed by atoms with Crippen LogP contribution in [0.1, 0.15) is 15.2 Å². The Morgan fingerprint density at radius 1 is 1.22 bits per heavy atom. The highest BCUT2D eigenvalue weighted by atomic mass is 79.9. The summed E-state index contributed by atoms with van der Waals surface area (Å²) in [5.41, 5.74) is 1.85. The second-order valence-electron chi connectivity index (χ2n) is 4.05. The van der Waals surface area contributed by atoms with Crippen molar-refractivity contribution in [3.63, 3.8) is 0 Å². The Bertz CT molecular complexity index is 713. The van der Waals surface area contributed by atoms with Crippen molar-refractivity contribution in [3.05, 3.63) is 56.8 Å². The summed E-state index contributed by atoms with van der Waals surface area (Å²) in [4.78, 5) is 12.3. The van der Waals surface area contributed by atoms with Crippen molar-refractivity contribution in [3.8, 4) is 0 Å². The predicted molar refractivity (Wildman–Crippen MR) is 78.4 cm³/mol. The fourth-order valence-corrected chi connectivity index (χ4v) is 3.59. The van der Waals surface area contributed by atoms with E-state index in [1.807, 2.05) is 36.5 Å². The summed E-state index contributed by atoms with van der Waals surface area (Å²) in [6, 6.07) is 12.1. The molecule has 0 unspecified atom stereocenters. The van der Waals surface area contributed by atoms with E-state index in [9.17, 15) is 4.79 Å². The number of halogens is 1. The number of thiophene rings is 1. The standard InChI is InChI=1S/C14H10BrNOS/c15-14-6-5-11(18-14)8-16-7-10(9-17)12-3-1-2-4-13(12)16/h1-7,9H,8H2. The number of rotatable bonds is 3. The van der Waals surface area contributed by atoms with Gasteiger partial charge < -0.3 is 4.57 Å². The molecule has 18 heavy (non-hydrogen) atoms. The van der Waals surface area contributed by atoms with E-state index in [-0.39, 0.29) is 0 Å². The zero-order valence-electron chi connectivity index (χ0n) is 9.47. The second-order valence-corrected chi connectivity index (χ2v) is 6.60. The van der Waals surface area contributed by atoms with Gasteiger partial charge in [-0.2, -0.15) is 0 Å². The molecule has 2 nitrogen and oxygen atoms in total. The maximum atomic E-state index is 11.1. The number of benzene rings is 1. The van der Waals surface area contributed by atoms with Crippen LogP contribution >= 0.6 is 27.3 Å². The SMILES string of the molecule is O=Cc1cn(Cc2ccc(Br)s2)c2ccccc12. The van der Waals surface area contributed by atoms with E-state index in [0.29, 0.717) is 0 Å². The van der Waals surface area contributed by atoms with Crippen LogP contribution in [0.4, 0.5) is 0 Å². The number of aromatic nitrogens is 1. The Morgan fingerprint density at radius 3 is 2.78 bits per heavy atom. The zero-order chi connectivity index (χ0) is 12.5. The van der Waals surface area contributed by atoms with Crippen LogP contribution in [0.25, 0.3) is 10.9 Å². The number of fused-ring (bicyclic) bond motifs is 1. The molecule has 0 N–H and O–H groups in total. The van der Waals surface area contributed by atoms with E-state index in [0.717, 1.165) is 33.1 Å². The summed E-state index contributed by atoms with van der Waals surface area (Å²) in [5.74, 6) is 0. The van der Waals surface area contributed by atoms with Crippen LogP contribution < -0.4 is 0 Å². The molecule has 0 amide bonds. The van der Waals surface area contributed by atoms with E-state index in [1.165, 1.54) is 4.88 Å². The van der Waals surface area contributed by atoms with Crippen molar-refractivity contribution in [1.29, 1.82) is 0 Å². The van der Waals surface area contributed by atoms with E-state index in [2.05, 4.69) is 26.6 Å². The number of carbonyl (C=O) groups is 1. The van der Waals surface area contributed by atoms with Gasteiger partial charge in [0.15, 0.2) is 6.29 Å². The first kappa shape index (κ1) is 11.7. The van der Waals surface area contributed by atoms with Crippen LogP contribution in [0.3, 0.4) is 0 Å². The zero-order valence-corrected chi connectivity index (χ0v) is 11.9. The topological polar surface area (TPSA) is 22.0 Å². The normalized spacial score (nSPS) is 10.9. The van der Waals surface area contributed by atoms with Gasteiger partial charge in [-0.3, -0.25) is 4.79 Å². The number of carbonyl (C=O) groups excluding carboxylic acids is 1. The molecule has 0 saturated heterocycles. The maximum absolute atomic E-state index is 11.1. The molecule has 0 aliphatic rings. The lowest BCUT2D eigenvalue weighted by Crippen LogP contribution is -1.95. The molecule has 0 spiro atoms. The summed E-state index contributed by atoms with van der Waals surface area (Å²) < 4.78 is 3.25. The van der Waals surface area contributed by atoms with Crippen molar-refractivity contribution in [2.24, 2.45) is 0 Å². The monoisotopic (exact) mass is 319 g/mol. The molecule has 3 aromatic rings. The summed E-state index contributed by atoms with van der Waals surface area (Å²) in [6.07, 6.45) is 2.84. The van der Waals surface area contributed by atoms with Gasteiger partial charge >= 0.3 is 0 Å². The minimum Gasteiger partial charge on any atom is -0.341 e. The molecule has 0 aliphatic heterocycles. The molecule has 2 heterocycles. The molecule has 0 radical (unpaired) electrons. The molecule has 3 rings (SSSR count). The molecular weight excluding hydrogens is 310 g/mol. The van der Waals surface area contributed by atoms with Crippen molar-refractivity contribution in [2.75, 3.05) is 0 Å². The fraction of sp³-hybridized carbons (Fsp3) is 0.0714. The van der Waals surface area contributed by atoms with Gasteiger partial charge in [0.25, 0.3) is 0 Å². The number of aldehydes is 1. The molecule has 0 aliphatic carbocycles. The van der Waals surface area contributed by atoms with Gasteiger partial charge in [-0.05, 0) is 34.1 Å². The summed E-state index contributed by atoms with van der Waals surface area (Å²) in [5, 5.41) is 1.02. The maximum Gasteiger partial charge on any atom is 0.152 e. The lowest BCUT2D eigenvalue weighted by Gasteiger charge is -2.02. The third-order valence-corrected chi connectivity index (χ3v) is 4.51. The number of hydrogen-bond acceptors (Lipinski definition) is 2. The van der Waals surface area contributed by atoms with Crippen LogP contribution in [-0.2, 0) is 6.54 Å². The van der Waals surface area contributed by atoms with Crippen molar-refractivity contribution >= 4 is 44.5 Å². The largest absolute Gasteiger partial charge is 0.341 e. The Labute approximate surface area is 117 Å². The van der Waals surface area contributed by atoms with Gasteiger partial charge in [0, 0.05) is 27.5 Å². The van der Waals surface area contributed by atoms with Crippen LogP contribution in [0.2, 0.25) is 0 Å². The first-order valence-electron chi connectivity index (χ1n) is 5.55. The number of hydrogen-bond donors (Lipinski definition) is 0. The Hall–Kier alpha value is -1.39. The summed E-state index contributed by atoms with van der Waals surface area (Å²) in [7, 11) is 0. The average Bonchev–Trinajstić information content (AvgIpc) is 2.95. The molecule has 2 aromatic heterocycles. The predicted octanol–water partition coefficient (Wildman–Crippen LogP) is 4.33. The number of nitrogens with zero attached hydrogens (tertiary/aromatic N) is 1. The lowest BCUT2D eigenvalue weighted by molar-refractivity contribution is 0.112. The van der Waals surface area contributed by atoms with Gasteiger partial charge in [-0.15, -0.1) is 11.3 Å². The minimum absolute atomic E-state index is 0.751. The highest BCUT2D eigenvalue weighted by Gasteiger charge is 2.08. The molecule has 0 bridgehead atoms. The molecule has 90 valence electrons. The first-order chi connectivity index (χ1) is 8.78. The van der Waals surface area contributed by atoms with Crippen LogP contribution in [0, 0.1) is 0 Å². The van der Waals surface area contributed by atoms with Crippen molar-refractivity contribution < 1.29 is 4.79 Å². The third kappa shape index (κ3) is 2.02. The molecule has 0 atom stereocenters. The van der Waals surface area contributed by atoms with Crippen LogP contribution in [0.15, 0.2) is 46.4 Å². The highest BCUT2D eigenvalue weighted by molar-refractivity contribution is 9.11. The van der Waals surface area contributed by atoms with E-state index in [1.54, 1.807) is 11.3 Å². The molecule has 1 aromatic carbocycles. The van der Waals surface area contributed by atoms with Crippen molar-refractivity contribution in [1.82, 2.24) is 4.57 Å². The Morgan fingerprint density at radius 2 is 2.06 bits per heavy atom. The fourth-order valence-electron chi connectivity index (χ4n) is 2.10. The van der Waals surface area contributed by atoms with E-state index in [4.69, 9.17) is 0 Å². The van der Waals surface area contributed by atoms with Crippen molar-refractivity contribution in [2.45, 2.75) is 6.54 Å². The Balaban J connectivity index is 2.09. The van der Waals surface area contributed by atoms with Crippen LogP contribution in [0.5, 0.6) is 0 Å². The second kappa shape index (κ2) is 4.71. The minimum atomic E-state index is 0.751. The average molecular weight is 320 g/mol. The lowest BCUT2D eigenvalue weighted by atomic mass is 10.2. The smallest absolute Gasteiger partial charge is 0.152 e. The summed E-state index contributed by atoms with van der Waals surface area (Å²) in [6.45, 7) is 0.796. The van der Waals surface area contributed by atoms with E-state index < -0.39 is 0 Å². The molecule has 4 heteroatoms. The first-order valence-corrected chi connectivity index (χ1v) is 7.16. The highest BCUT2D eigenvalue weighted by Crippen LogP contribution is 2.26. The van der Waals surface area contributed by atoms with Gasteiger partial charge in [0.05, 0.1) is 10.3 Å². The van der Waals surface area contributed by atoms with Gasteiger partial charge in [-0.25, -0.2) is 0 Å². The molecular formula is C14H10BrNOS. The summed E-state index contributed by atoms with van der Waals surface area (Å²) >= 11 is 5.18. The van der Waals surface area contributed by atoms with E-state index >= 15 is 0 Å². The quantitative estimate of drug-likeness (QED) is 0.659. The molecule has 0 saturated carbocycles. The van der Waals surface area contributed by atoms with Crippen LogP contribution in [-0.4, -0.2) is 10.9 Å². The molecule has 0 fully saturated rings. The van der Waals surface area contributed by atoms with Gasteiger partial charge in [-0.1, -0.05) is 18.2 Å². The third-order valence-electron chi connectivity index (χ3n) is 2.90. The van der Waals surface area contributed by atoms with Gasteiger partial charge in [0.1, 0.15) is 0 Å². The Kier molecular flexibility index (Phi) is 3.06.